The van der Waals surface area contributed by atoms with E-state index in [2.05, 4.69) is 6.58 Å². The van der Waals surface area contributed by atoms with E-state index < -0.39 is 5.91 Å². The quantitative estimate of drug-likeness (QED) is 0.249. The van der Waals surface area contributed by atoms with Gasteiger partial charge in [0, 0.05) is 12.2 Å². The van der Waals surface area contributed by atoms with E-state index in [0.29, 0.717) is 19.0 Å². The molecule has 0 saturated heterocycles. The van der Waals surface area contributed by atoms with Crippen molar-refractivity contribution in [3.8, 4) is 0 Å². The zero-order valence-electron chi connectivity index (χ0n) is 9.99. The summed E-state index contributed by atoms with van der Waals surface area (Å²) < 4.78 is 10.7. The van der Waals surface area contributed by atoms with Gasteiger partial charge in [-0.1, -0.05) is 6.08 Å². The van der Waals surface area contributed by atoms with Gasteiger partial charge in [0.2, 0.25) is 0 Å². The summed E-state index contributed by atoms with van der Waals surface area (Å²) in [6, 6.07) is 1.78. The number of aryl methyl sites for hydroxylation is 1. The van der Waals surface area contributed by atoms with Gasteiger partial charge in [-0.05, 0) is 25.8 Å². The lowest BCUT2D eigenvalue weighted by Gasteiger charge is -2.00. The van der Waals surface area contributed by atoms with Gasteiger partial charge in [0.1, 0.15) is 12.4 Å². The SMILES string of the molecule is C=CCCCOCc1cc(C)c(C(=O)NN)o1. The van der Waals surface area contributed by atoms with Gasteiger partial charge < -0.3 is 9.15 Å². The van der Waals surface area contributed by atoms with Gasteiger partial charge in [0.25, 0.3) is 0 Å². The zero-order chi connectivity index (χ0) is 12.7. The minimum atomic E-state index is -0.430. The van der Waals surface area contributed by atoms with Gasteiger partial charge in [-0.15, -0.1) is 6.58 Å². The number of hydrogen-bond donors (Lipinski definition) is 2. The van der Waals surface area contributed by atoms with Crippen LogP contribution in [-0.2, 0) is 11.3 Å². The highest BCUT2D eigenvalue weighted by molar-refractivity contribution is 5.92. The van der Waals surface area contributed by atoms with Crippen LogP contribution in [0.1, 0.15) is 34.7 Å². The number of nitrogens with two attached hydrogens (primary N) is 1. The Morgan fingerprint density at radius 2 is 2.47 bits per heavy atom. The summed E-state index contributed by atoms with van der Waals surface area (Å²) in [6.45, 7) is 6.42. The maximum absolute atomic E-state index is 11.3. The molecule has 1 amide bonds. The molecule has 1 heterocycles. The fourth-order valence-electron chi connectivity index (χ4n) is 1.41. The van der Waals surface area contributed by atoms with Crippen molar-refractivity contribution in [3.63, 3.8) is 0 Å². The highest BCUT2D eigenvalue weighted by Gasteiger charge is 2.14. The number of unbranched alkanes of at least 4 members (excludes halogenated alkanes) is 1. The number of ether oxygens (including phenoxy) is 1. The topological polar surface area (TPSA) is 77.5 Å². The summed E-state index contributed by atoms with van der Waals surface area (Å²) >= 11 is 0. The van der Waals surface area contributed by atoms with Crippen molar-refractivity contribution in [1.29, 1.82) is 0 Å². The number of allylic oxidation sites excluding steroid dienone is 1. The maximum Gasteiger partial charge on any atom is 0.301 e. The summed E-state index contributed by atoms with van der Waals surface area (Å²) in [7, 11) is 0. The second kappa shape index (κ2) is 6.88. The Balaban J connectivity index is 2.44. The number of hydrazine groups is 1. The summed E-state index contributed by atoms with van der Waals surface area (Å²) in [5.41, 5.74) is 2.78. The first-order valence-corrected chi connectivity index (χ1v) is 5.48. The Morgan fingerprint density at radius 3 is 3.12 bits per heavy atom. The molecule has 0 fully saturated rings. The Kier molecular flexibility index (Phi) is 5.45. The van der Waals surface area contributed by atoms with Crippen LogP contribution in [0.15, 0.2) is 23.1 Å². The van der Waals surface area contributed by atoms with Gasteiger partial charge in [0.05, 0.1) is 0 Å². The van der Waals surface area contributed by atoms with E-state index in [4.69, 9.17) is 15.0 Å². The summed E-state index contributed by atoms with van der Waals surface area (Å²) in [5, 5.41) is 0. The largest absolute Gasteiger partial charge is 0.453 e. The molecule has 17 heavy (non-hydrogen) atoms. The van der Waals surface area contributed by atoms with Gasteiger partial charge in [-0.3, -0.25) is 10.2 Å². The molecular weight excluding hydrogens is 220 g/mol. The molecule has 0 atom stereocenters. The molecule has 0 aliphatic carbocycles. The van der Waals surface area contributed by atoms with Gasteiger partial charge in [-0.25, -0.2) is 5.84 Å². The third kappa shape index (κ3) is 4.05. The Morgan fingerprint density at radius 1 is 1.71 bits per heavy atom. The Labute approximate surface area is 101 Å². The number of furan rings is 1. The minimum absolute atomic E-state index is 0.234. The van der Waals surface area contributed by atoms with Crippen LogP contribution < -0.4 is 11.3 Å². The van der Waals surface area contributed by atoms with E-state index in [9.17, 15) is 4.79 Å². The first-order chi connectivity index (χ1) is 8.19. The monoisotopic (exact) mass is 238 g/mol. The molecule has 1 rings (SSSR count). The van der Waals surface area contributed by atoms with Crippen LogP contribution in [0, 0.1) is 6.92 Å². The number of carbonyl (C=O) groups is 1. The molecule has 0 aromatic carbocycles. The normalized spacial score (nSPS) is 10.2. The van der Waals surface area contributed by atoms with Crippen molar-refractivity contribution >= 4 is 5.91 Å². The molecule has 94 valence electrons. The Hall–Kier alpha value is -1.59. The van der Waals surface area contributed by atoms with Gasteiger partial charge in [0.15, 0.2) is 5.76 Å². The molecule has 0 saturated carbocycles. The van der Waals surface area contributed by atoms with Crippen LogP contribution in [0.2, 0.25) is 0 Å². The number of rotatable bonds is 7. The molecule has 1 aromatic rings. The predicted molar refractivity (Wildman–Crippen MR) is 64.2 cm³/mol. The fourth-order valence-corrected chi connectivity index (χ4v) is 1.41. The fraction of sp³-hybridized carbons (Fsp3) is 0.417. The molecule has 5 nitrogen and oxygen atoms in total. The molecule has 0 radical (unpaired) electrons. The smallest absolute Gasteiger partial charge is 0.301 e. The second-order valence-electron chi connectivity index (χ2n) is 3.68. The van der Waals surface area contributed by atoms with Crippen LogP contribution in [0.25, 0.3) is 0 Å². The van der Waals surface area contributed by atoms with E-state index in [-0.39, 0.29) is 5.76 Å². The standard InChI is InChI=1S/C12H18N2O3/c1-3-4-5-6-16-8-10-7-9(2)11(17-10)12(15)14-13/h3,7H,1,4-6,8,13H2,2H3,(H,14,15). The molecule has 0 spiro atoms. The minimum Gasteiger partial charge on any atom is -0.453 e. The van der Waals surface area contributed by atoms with E-state index in [0.717, 1.165) is 18.4 Å². The summed E-state index contributed by atoms with van der Waals surface area (Å²) in [6.07, 6.45) is 3.71. The average molecular weight is 238 g/mol. The number of hydrogen-bond acceptors (Lipinski definition) is 4. The molecule has 0 aliphatic heterocycles. The number of amides is 1. The second-order valence-corrected chi connectivity index (χ2v) is 3.68. The maximum atomic E-state index is 11.3. The highest BCUT2D eigenvalue weighted by atomic mass is 16.5. The lowest BCUT2D eigenvalue weighted by atomic mass is 10.2. The van der Waals surface area contributed by atoms with Gasteiger partial charge >= 0.3 is 5.91 Å². The summed E-state index contributed by atoms with van der Waals surface area (Å²) in [4.78, 5) is 11.3. The predicted octanol–water partition coefficient (Wildman–Crippen LogP) is 1.67. The van der Waals surface area contributed by atoms with E-state index in [1.165, 1.54) is 0 Å². The Bertz CT molecular complexity index is 385. The van der Waals surface area contributed by atoms with E-state index >= 15 is 0 Å². The van der Waals surface area contributed by atoms with Crippen molar-refractivity contribution in [2.45, 2.75) is 26.4 Å². The van der Waals surface area contributed by atoms with Crippen LogP contribution in [-0.4, -0.2) is 12.5 Å². The third-order valence-corrected chi connectivity index (χ3v) is 2.25. The molecule has 3 N–H and O–H groups in total. The van der Waals surface area contributed by atoms with Crippen LogP contribution >= 0.6 is 0 Å². The molecule has 0 aliphatic rings. The lowest BCUT2D eigenvalue weighted by Crippen LogP contribution is -2.30. The number of nitrogen functional groups attached to an aromatic ring is 1. The van der Waals surface area contributed by atoms with E-state index in [1.807, 2.05) is 11.5 Å². The highest BCUT2D eigenvalue weighted by Crippen LogP contribution is 2.15. The molecule has 1 aromatic heterocycles. The molecule has 0 unspecified atom stereocenters. The van der Waals surface area contributed by atoms with Crippen LogP contribution in [0.5, 0.6) is 0 Å². The third-order valence-electron chi connectivity index (χ3n) is 2.25. The van der Waals surface area contributed by atoms with Crippen molar-refractivity contribution < 1.29 is 13.9 Å². The van der Waals surface area contributed by atoms with Crippen LogP contribution in [0.3, 0.4) is 0 Å². The van der Waals surface area contributed by atoms with E-state index in [1.54, 1.807) is 13.0 Å². The molecular formula is C12H18N2O3. The molecule has 0 bridgehead atoms. The van der Waals surface area contributed by atoms with Crippen molar-refractivity contribution in [2.24, 2.45) is 5.84 Å². The van der Waals surface area contributed by atoms with Gasteiger partial charge in [-0.2, -0.15) is 0 Å². The van der Waals surface area contributed by atoms with Crippen molar-refractivity contribution in [2.75, 3.05) is 6.61 Å². The van der Waals surface area contributed by atoms with Crippen molar-refractivity contribution in [1.82, 2.24) is 5.43 Å². The summed E-state index contributed by atoms with van der Waals surface area (Å²) in [5.74, 6) is 5.47. The number of nitrogens with one attached hydrogen (secondary N) is 1. The first kappa shape index (κ1) is 13.5. The zero-order valence-corrected chi connectivity index (χ0v) is 9.99. The molecule has 5 heteroatoms. The first-order valence-electron chi connectivity index (χ1n) is 5.48. The number of carbonyl (C=O) groups excluding carboxylic acids is 1. The van der Waals surface area contributed by atoms with Crippen LogP contribution in [0.4, 0.5) is 0 Å². The van der Waals surface area contributed by atoms with Crippen molar-refractivity contribution in [3.05, 3.63) is 35.8 Å². The average Bonchev–Trinajstić information content (AvgIpc) is 2.69. The lowest BCUT2D eigenvalue weighted by molar-refractivity contribution is 0.0891.